The Hall–Kier alpha value is -1.01. The molecule has 3 atom stereocenters. The lowest BCUT2D eigenvalue weighted by Crippen LogP contribution is -2.42. The minimum Gasteiger partial charge on any atom is -0.352 e. The topological polar surface area (TPSA) is 41.1 Å². The number of nitrogens with one attached hydrogen (secondary N) is 2. The van der Waals surface area contributed by atoms with Gasteiger partial charge in [-0.2, -0.15) is 0 Å². The van der Waals surface area contributed by atoms with Crippen LogP contribution >= 0.6 is 0 Å². The largest absolute Gasteiger partial charge is 0.352 e. The molecule has 0 spiro atoms. The first-order valence-corrected chi connectivity index (χ1v) is 5.58. The molecular weight excluding hydrogens is 188 g/mol. The monoisotopic (exact) mass is 208 g/mol. The van der Waals surface area contributed by atoms with Crippen LogP contribution in [0.15, 0.2) is 0 Å². The summed E-state index contributed by atoms with van der Waals surface area (Å²) in [6, 6.07) is 0.347. The van der Waals surface area contributed by atoms with Crippen LogP contribution in [0.1, 0.15) is 26.7 Å². The summed E-state index contributed by atoms with van der Waals surface area (Å²) in [4.78, 5) is 11.5. The Bertz CT molecular complexity index is 257. The predicted molar refractivity (Wildman–Crippen MR) is 61.2 cm³/mol. The Morgan fingerprint density at radius 1 is 1.47 bits per heavy atom. The third kappa shape index (κ3) is 3.56. The lowest BCUT2D eigenvalue weighted by molar-refractivity contribution is -0.121. The third-order valence-corrected chi connectivity index (χ3v) is 3.32. The van der Waals surface area contributed by atoms with Crippen molar-refractivity contribution in [1.29, 1.82) is 0 Å². The molecule has 84 valence electrons. The van der Waals surface area contributed by atoms with Crippen LogP contribution in [0.2, 0.25) is 0 Å². The van der Waals surface area contributed by atoms with E-state index >= 15 is 0 Å². The highest BCUT2D eigenvalue weighted by molar-refractivity contribution is 5.78. The van der Waals surface area contributed by atoms with Gasteiger partial charge in [0.25, 0.3) is 0 Å². The van der Waals surface area contributed by atoms with E-state index < -0.39 is 0 Å². The van der Waals surface area contributed by atoms with Gasteiger partial charge in [0.15, 0.2) is 0 Å². The van der Waals surface area contributed by atoms with Crippen molar-refractivity contribution >= 4 is 5.91 Å². The lowest BCUT2D eigenvalue weighted by atomic mass is 9.98. The van der Waals surface area contributed by atoms with Crippen molar-refractivity contribution in [2.75, 3.05) is 13.1 Å². The molecule has 0 radical (unpaired) electrons. The van der Waals surface area contributed by atoms with Crippen molar-refractivity contribution in [3.05, 3.63) is 0 Å². The molecule has 0 aromatic heterocycles. The first-order valence-electron chi connectivity index (χ1n) is 5.58. The predicted octanol–water partition coefficient (Wildman–Crippen LogP) is 0.760. The minimum absolute atomic E-state index is 0.0520. The molecule has 1 aliphatic rings. The Kier molecular flexibility index (Phi) is 4.64. The molecule has 1 rings (SSSR count). The van der Waals surface area contributed by atoms with Gasteiger partial charge < -0.3 is 5.32 Å². The molecule has 0 saturated heterocycles. The highest BCUT2D eigenvalue weighted by Crippen LogP contribution is 2.30. The van der Waals surface area contributed by atoms with Crippen LogP contribution in [0.3, 0.4) is 0 Å². The second-order valence-electron chi connectivity index (χ2n) is 4.40. The van der Waals surface area contributed by atoms with E-state index in [1.165, 1.54) is 6.42 Å². The highest BCUT2D eigenvalue weighted by Gasteiger charge is 2.30. The number of hydrogen-bond donors (Lipinski definition) is 2. The zero-order chi connectivity index (χ0) is 11.3. The van der Waals surface area contributed by atoms with Crippen molar-refractivity contribution in [3.8, 4) is 12.3 Å². The van der Waals surface area contributed by atoms with Crippen LogP contribution in [0.5, 0.6) is 0 Å². The fourth-order valence-corrected chi connectivity index (χ4v) is 2.07. The maximum Gasteiger partial charge on any atom is 0.234 e. The summed E-state index contributed by atoms with van der Waals surface area (Å²) in [6.07, 6.45) is 7.39. The number of hydrogen-bond acceptors (Lipinski definition) is 2. The molecule has 0 aromatic rings. The molecule has 0 aromatic carbocycles. The Labute approximate surface area is 92.0 Å². The lowest BCUT2D eigenvalue weighted by Gasteiger charge is -2.19. The summed E-state index contributed by atoms with van der Waals surface area (Å²) in [5, 5.41) is 5.93. The average molecular weight is 208 g/mol. The molecule has 3 unspecified atom stereocenters. The maximum atomic E-state index is 11.5. The van der Waals surface area contributed by atoms with Crippen LogP contribution in [0, 0.1) is 24.2 Å². The Morgan fingerprint density at radius 2 is 2.20 bits per heavy atom. The van der Waals surface area contributed by atoms with Crippen molar-refractivity contribution in [3.63, 3.8) is 0 Å². The smallest absolute Gasteiger partial charge is 0.234 e. The minimum atomic E-state index is 0.0520. The molecule has 1 aliphatic carbocycles. The fraction of sp³-hybridized carbons (Fsp3) is 0.750. The molecule has 2 N–H and O–H groups in total. The summed E-state index contributed by atoms with van der Waals surface area (Å²) in [7, 11) is 0. The first-order chi connectivity index (χ1) is 7.15. The van der Waals surface area contributed by atoms with Gasteiger partial charge in [-0.3, -0.25) is 10.1 Å². The van der Waals surface area contributed by atoms with Gasteiger partial charge in [0.2, 0.25) is 5.91 Å². The van der Waals surface area contributed by atoms with Gasteiger partial charge in [-0.05, 0) is 24.7 Å². The van der Waals surface area contributed by atoms with Gasteiger partial charge in [0.1, 0.15) is 0 Å². The molecule has 0 heterocycles. The second-order valence-corrected chi connectivity index (χ2v) is 4.40. The molecular formula is C12H20N2O. The number of rotatable bonds is 4. The van der Waals surface area contributed by atoms with E-state index in [2.05, 4.69) is 30.4 Å². The van der Waals surface area contributed by atoms with Crippen molar-refractivity contribution < 1.29 is 4.79 Å². The normalized spacial score (nSPS) is 29.8. The SMILES string of the molecule is C#CCNCC(=O)NC1CCC(C)C1C. The number of amides is 1. The molecule has 0 aliphatic heterocycles. The Balaban J connectivity index is 2.24. The molecule has 3 nitrogen and oxygen atoms in total. The Morgan fingerprint density at radius 3 is 2.73 bits per heavy atom. The van der Waals surface area contributed by atoms with E-state index in [0.29, 0.717) is 31.0 Å². The van der Waals surface area contributed by atoms with Crippen LogP contribution in [-0.2, 0) is 4.79 Å². The molecule has 15 heavy (non-hydrogen) atoms. The number of carbonyl (C=O) groups excluding carboxylic acids is 1. The van der Waals surface area contributed by atoms with Crippen molar-refractivity contribution in [2.24, 2.45) is 11.8 Å². The molecule has 3 heteroatoms. The highest BCUT2D eigenvalue weighted by atomic mass is 16.1. The van der Waals surface area contributed by atoms with Gasteiger partial charge in [-0.25, -0.2) is 0 Å². The fourth-order valence-electron chi connectivity index (χ4n) is 2.07. The number of carbonyl (C=O) groups is 1. The van der Waals surface area contributed by atoms with E-state index in [1.54, 1.807) is 0 Å². The van der Waals surface area contributed by atoms with Gasteiger partial charge in [-0.15, -0.1) is 6.42 Å². The van der Waals surface area contributed by atoms with Crippen LogP contribution in [0.25, 0.3) is 0 Å². The standard InChI is InChI=1S/C12H20N2O/c1-4-7-13-8-12(15)14-11-6-5-9(2)10(11)3/h1,9-11,13H,5-8H2,2-3H3,(H,14,15). The molecule has 1 saturated carbocycles. The van der Waals surface area contributed by atoms with Crippen molar-refractivity contribution in [2.45, 2.75) is 32.7 Å². The summed E-state index contributed by atoms with van der Waals surface area (Å²) >= 11 is 0. The van der Waals surface area contributed by atoms with Gasteiger partial charge in [0, 0.05) is 6.04 Å². The van der Waals surface area contributed by atoms with E-state index in [9.17, 15) is 4.79 Å². The average Bonchev–Trinajstić information content (AvgIpc) is 2.50. The van der Waals surface area contributed by atoms with Crippen LogP contribution < -0.4 is 10.6 Å². The van der Waals surface area contributed by atoms with Gasteiger partial charge in [-0.1, -0.05) is 19.8 Å². The second kappa shape index (κ2) is 5.77. The summed E-state index contributed by atoms with van der Waals surface area (Å²) in [6.45, 7) is 5.22. The summed E-state index contributed by atoms with van der Waals surface area (Å²) < 4.78 is 0. The number of terminal acetylenes is 1. The third-order valence-electron chi connectivity index (χ3n) is 3.32. The van der Waals surface area contributed by atoms with E-state index in [4.69, 9.17) is 6.42 Å². The molecule has 0 bridgehead atoms. The van der Waals surface area contributed by atoms with E-state index in [1.807, 2.05) is 0 Å². The van der Waals surface area contributed by atoms with E-state index in [0.717, 1.165) is 6.42 Å². The zero-order valence-electron chi connectivity index (χ0n) is 9.55. The molecule has 1 amide bonds. The quantitative estimate of drug-likeness (QED) is 0.529. The van der Waals surface area contributed by atoms with Crippen LogP contribution in [0.4, 0.5) is 0 Å². The van der Waals surface area contributed by atoms with E-state index in [-0.39, 0.29) is 5.91 Å². The van der Waals surface area contributed by atoms with Crippen molar-refractivity contribution in [1.82, 2.24) is 10.6 Å². The molecule has 1 fully saturated rings. The van der Waals surface area contributed by atoms with Crippen LogP contribution in [-0.4, -0.2) is 25.0 Å². The first kappa shape index (κ1) is 12.1. The van der Waals surface area contributed by atoms with Gasteiger partial charge in [0.05, 0.1) is 13.1 Å². The van der Waals surface area contributed by atoms with Gasteiger partial charge >= 0.3 is 0 Å². The maximum absolute atomic E-state index is 11.5. The summed E-state index contributed by atoms with van der Waals surface area (Å²) in [5.74, 6) is 3.79. The summed E-state index contributed by atoms with van der Waals surface area (Å²) in [5.41, 5.74) is 0. The zero-order valence-corrected chi connectivity index (χ0v) is 9.55.